The van der Waals surface area contributed by atoms with Gasteiger partial charge in [0.15, 0.2) is 6.29 Å². The van der Waals surface area contributed by atoms with Crippen LogP contribution in [0.3, 0.4) is 0 Å². The third-order valence-electron chi connectivity index (χ3n) is 1.87. The van der Waals surface area contributed by atoms with E-state index >= 15 is 0 Å². The first-order valence-electron chi connectivity index (χ1n) is 4.52. The summed E-state index contributed by atoms with van der Waals surface area (Å²) in [6.45, 7) is -1.22. The number of benzene rings is 1. The second-order valence-corrected chi connectivity index (χ2v) is 4.11. The van der Waals surface area contributed by atoms with E-state index in [1.165, 1.54) is 0 Å². The summed E-state index contributed by atoms with van der Waals surface area (Å²) in [6.07, 6.45) is -7.63. The molecule has 0 aliphatic rings. The quantitative estimate of drug-likeness (QED) is 0.617. The molecule has 0 aliphatic carbocycles. The summed E-state index contributed by atoms with van der Waals surface area (Å²) in [5.74, 6) is -0.888. The lowest BCUT2D eigenvalue weighted by Crippen LogP contribution is -2.14. The Kier molecular flexibility index (Phi) is 4.66. The fraction of sp³-hybridized carbons (Fsp3) is 0.300. The first-order valence-corrected chi connectivity index (χ1v) is 5.32. The molecule has 1 aromatic rings. The third-order valence-corrected chi connectivity index (χ3v) is 2.33. The van der Waals surface area contributed by atoms with Gasteiger partial charge in [-0.25, -0.2) is 8.78 Å². The molecule has 0 fully saturated rings. The average molecular weight is 333 g/mol. The van der Waals surface area contributed by atoms with Crippen molar-refractivity contribution in [3.05, 3.63) is 27.7 Å². The number of carbonyl (C=O) groups excluding carboxylic acids is 1. The number of halogens is 6. The topological polar surface area (TPSA) is 26.3 Å². The van der Waals surface area contributed by atoms with Crippen LogP contribution in [0, 0.1) is 0 Å². The van der Waals surface area contributed by atoms with E-state index in [0.29, 0.717) is 6.07 Å². The van der Waals surface area contributed by atoms with Crippen molar-refractivity contribution in [3.63, 3.8) is 0 Å². The molecule has 18 heavy (non-hydrogen) atoms. The molecule has 0 aromatic heterocycles. The monoisotopic (exact) mass is 332 g/mol. The first kappa shape index (κ1) is 14.9. The van der Waals surface area contributed by atoms with E-state index in [0.717, 1.165) is 6.07 Å². The lowest BCUT2D eigenvalue weighted by molar-refractivity contribution is -0.139. The molecule has 2 nitrogen and oxygen atoms in total. The zero-order valence-corrected chi connectivity index (χ0v) is 10.2. The van der Waals surface area contributed by atoms with E-state index in [-0.39, 0.29) is 10.8 Å². The summed E-state index contributed by atoms with van der Waals surface area (Å²) >= 11 is 2.80. The van der Waals surface area contributed by atoms with Crippen LogP contribution in [0.2, 0.25) is 0 Å². The summed E-state index contributed by atoms with van der Waals surface area (Å²) in [4.78, 5) is 10.6. The van der Waals surface area contributed by atoms with Crippen LogP contribution >= 0.6 is 15.9 Å². The van der Waals surface area contributed by atoms with Gasteiger partial charge in [0.2, 0.25) is 0 Å². The van der Waals surface area contributed by atoms with E-state index in [1.54, 1.807) is 0 Å². The van der Waals surface area contributed by atoms with Gasteiger partial charge in [0, 0.05) is 4.47 Å². The Bertz CT molecular complexity index is 445. The summed E-state index contributed by atoms with van der Waals surface area (Å²) < 4.78 is 66.3. The van der Waals surface area contributed by atoms with Crippen LogP contribution in [0.4, 0.5) is 22.0 Å². The lowest BCUT2D eigenvalue weighted by atomic mass is 10.1. The van der Waals surface area contributed by atoms with Gasteiger partial charge in [-0.2, -0.15) is 13.2 Å². The molecule has 1 aromatic carbocycles. The van der Waals surface area contributed by atoms with Crippen molar-refractivity contribution in [2.45, 2.75) is 12.6 Å². The van der Waals surface area contributed by atoms with Gasteiger partial charge in [-0.1, -0.05) is 15.9 Å². The molecule has 0 atom stereocenters. The largest absolute Gasteiger partial charge is 0.486 e. The molecule has 0 saturated heterocycles. The van der Waals surface area contributed by atoms with E-state index in [4.69, 9.17) is 0 Å². The molecule has 0 bridgehead atoms. The van der Waals surface area contributed by atoms with Gasteiger partial charge in [0.1, 0.15) is 12.4 Å². The third kappa shape index (κ3) is 3.66. The molecule has 100 valence electrons. The van der Waals surface area contributed by atoms with E-state index < -0.39 is 36.1 Å². The zero-order valence-electron chi connectivity index (χ0n) is 8.60. The zero-order chi connectivity index (χ0) is 13.9. The first-order chi connectivity index (χ1) is 8.25. The minimum absolute atomic E-state index is 0.00122. The Morgan fingerprint density at radius 1 is 1.33 bits per heavy atom. The van der Waals surface area contributed by atoms with Crippen molar-refractivity contribution in [3.8, 4) is 5.75 Å². The Morgan fingerprint density at radius 3 is 2.39 bits per heavy atom. The van der Waals surface area contributed by atoms with E-state index in [9.17, 15) is 26.7 Å². The second-order valence-electron chi connectivity index (χ2n) is 3.19. The highest BCUT2D eigenvalue weighted by molar-refractivity contribution is 9.10. The molecular formula is C10H6BrF5O2. The summed E-state index contributed by atoms with van der Waals surface area (Å²) in [5.41, 5.74) is -1.73. The SMILES string of the molecule is O=Cc1cc(Br)cc(C(F)(F)F)c1OCC(F)F. The maximum Gasteiger partial charge on any atom is 0.420 e. The van der Waals surface area contributed by atoms with Crippen LogP contribution in [-0.4, -0.2) is 19.3 Å². The van der Waals surface area contributed by atoms with Gasteiger partial charge in [0.05, 0.1) is 11.1 Å². The van der Waals surface area contributed by atoms with Gasteiger partial charge < -0.3 is 4.74 Å². The Hall–Kier alpha value is -1.18. The summed E-state index contributed by atoms with van der Waals surface area (Å²) in [7, 11) is 0. The molecule has 0 N–H and O–H groups in total. The maximum atomic E-state index is 12.7. The second kappa shape index (κ2) is 5.64. The van der Waals surface area contributed by atoms with Gasteiger partial charge in [-0.3, -0.25) is 4.79 Å². The predicted octanol–water partition coefficient (Wildman–Crippen LogP) is 3.92. The predicted molar refractivity (Wildman–Crippen MR) is 56.0 cm³/mol. The lowest BCUT2D eigenvalue weighted by Gasteiger charge is -2.16. The molecular weight excluding hydrogens is 327 g/mol. The van der Waals surface area contributed by atoms with Gasteiger partial charge in [0.25, 0.3) is 6.43 Å². The number of hydrogen-bond donors (Lipinski definition) is 0. The fourth-order valence-corrected chi connectivity index (χ4v) is 1.70. The number of aldehydes is 1. The van der Waals surface area contributed by atoms with Crippen LogP contribution < -0.4 is 4.74 Å². The molecule has 0 amide bonds. The van der Waals surface area contributed by atoms with Gasteiger partial charge in [-0.05, 0) is 12.1 Å². The van der Waals surface area contributed by atoms with Gasteiger partial charge in [-0.15, -0.1) is 0 Å². The Labute approximate surface area is 107 Å². The molecule has 0 heterocycles. The smallest absolute Gasteiger partial charge is 0.420 e. The summed E-state index contributed by atoms with van der Waals surface area (Å²) in [6, 6.07) is 1.72. The maximum absolute atomic E-state index is 12.7. The minimum atomic E-state index is -4.81. The van der Waals surface area contributed by atoms with Crippen molar-refractivity contribution < 1.29 is 31.5 Å². The molecule has 8 heteroatoms. The van der Waals surface area contributed by atoms with Crippen molar-refractivity contribution in [1.82, 2.24) is 0 Å². The molecule has 0 unspecified atom stereocenters. The molecule has 1 rings (SSSR count). The number of alkyl halides is 5. The number of carbonyl (C=O) groups is 1. The van der Waals surface area contributed by atoms with Crippen molar-refractivity contribution in [2.75, 3.05) is 6.61 Å². The van der Waals surface area contributed by atoms with Crippen molar-refractivity contribution in [1.29, 1.82) is 0 Å². The van der Waals surface area contributed by atoms with Gasteiger partial charge >= 0.3 is 6.18 Å². The summed E-state index contributed by atoms with van der Waals surface area (Å²) in [5, 5.41) is 0. The number of hydrogen-bond acceptors (Lipinski definition) is 2. The standard InChI is InChI=1S/C10H6BrF5O2/c11-6-1-5(3-17)9(18-4-8(12)13)7(2-6)10(14,15)16/h1-3,8H,4H2. The molecule has 0 spiro atoms. The van der Waals surface area contributed by atoms with E-state index in [2.05, 4.69) is 20.7 Å². The highest BCUT2D eigenvalue weighted by Crippen LogP contribution is 2.39. The highest BCUT2D eigenvalue weighted by atomic mass is 79.9. The number of ether oxygens (including phenoxy) is 1. The minimum Gasteiger partial charge on any atom is -0.486 e. The normalized spacial score (nSPS) is 11.7. The van der Waals surface area contributed by atoms with Crippen molar-refractivity contribution in [2.24, 2.45) is 0 Å². The van der Waals surface area contributed by atoms with E-state index in [1.807, 2.05) is 0 Å². The van der Waals surface area contributed by atoms with Crippen LogP contribution in [0.25, 0.3) is 0 Å². The fourth-order valence-electron chi connectivity index (χ4n) is 1.22. The molecule has 0 aliphatic heterocycles. The van der Waals surface area contributed by atoms with Crippen LogP contribution in [0.5, 0.6) is 5.75 Å². The van der Waals surface area contributed by atoms with Crippen LogP contribution in [0.1, 0.15) is 15.9 Å². The number of rotatable bonds is 4. The van der Waals surface area contributed by atoms with Crippen molar-refractivity contribution >= 4 is 22.2 Å². The molecule has 0 radical (unpaired) electrons. The Balaban J connectivity index is 3.29. The van der Waals surface area contributed by atoms with Crippen LogP contribution in [-0.2, 0) is 6.18 Å². The average Bonchev–Trinajstić information content (AvgIpc) is 2.24. The highest BCUT2D eigenvalue weighted by Gasteiger charge is 2.36. The van der Waals surface area contributed by atoms with Crippen LogP contribution in [0.15, 0.2) is 16.6 Å². The molecule has 0 saturated carbocycles. The Morgan fingerprint density at radius 2 is 1.94 bits per heavy atom.